The standard InChI is InChI=1S/C15H14O6/c1-8-4-10(17)13-11(18)5-12-9(14(13)21-8)2-3-15(19,6-16)7-20-12/h2-5,16,18-19H,6-7H2,1H3/t15-/m0/s1. The molecular formula is C15H14O6. The molecule has 1 atom stereocenters. The van der Waals surface area contributed by atoms with E-state index in [0.717, 1.165) is 0 Å². The minimum absolute atomic E-state index is 0.0574. The first-order chi connectivity index (χ1) is 9.93. The largest absolute Gasteiger partial charge is 0.507 e. The van der Waals surface area contributed by atoms with E-state index in [-0.39, 0.29) is 34.5 Å². The lowest BCUT2D eigenvalue weighted by Crippen LogP contribution is -2.37. The van der Waals surface area contributed by atoms with Crippen LogP contribution in [0.15, 0.2) is 27.4 Å². The number of fused-ring (bicyclic) bond motifs is 3. The molecule has 0 saturated carbocycles. The van der Waals surface area contributed by atoms with E-state index in [2.05, 4.69) is 0 Å². The lowest BCUT2D eigenvalue weighted by Gasteiger charge is -2.20. The Morgan fingerprint density at radius 2 is 2.14 bits per heavy atom. The van der Waals surface area contributed by atoms with Gasteiger partial charge in [-0.05, 0) is 19.1 Å². The van der Waals surface area contributed by atoms with Crippen LogP contribution in [0.5, 0.6) is 11.5 Å². The molecular weight excluding hydrogens is 276 g/mol. The highest BCUT2D eigenvalue weighted by Gasteiger charge is 2.28. The van der Waals surface area contributed by atoms with Gasteiger partial charge in [-0.3, -0.25) is 4.79 Å². The summed E-state index contributed by atoms with van der Waals surface area (Å²) in [5, 5.41) is 29.3. The molecule has 1 aromatic heterocycles. The number of phenolic OH excluding ortho intramolecular Hbond substituents is 1. The van der Waals surface area contributed by atoms with E-state index < -0.39 is 12.2 Å². The number of phenols is 1. The smallest absolute Gasteiger partial charge is 0.196 e. The molecule has 2 aromatic rings. The Morgan fingerprint density at radius 3 is 2.86 bits per heavy atom. The Hall–Kier alpha value is -2.31. The predicted molar refractivity (Wildman–Crippen MR) is 75.5 cm³/mol. The van der Waals surface area contributed by atoms with Crippen LogP contribution in [0.2, 0.25) is 0 Å². The van der Waals surface area contributed by atoms with Gasteiger partial charge in [0, 0.05) is 12.1 Å². The van der Waals surface area contributed by atoms with Gasteiger partial charge < -0.3 is 24.5 Å². The number of aliphatic hydroxyl groups excluding tert-OH is 1. The lowest BCUT2D eigenvalue weighted by molar-refractivity contribution is -0.00750. The Kier molecular flexibility index (Phi) is 3.00. The van der Waals surface area contributed by atoms with Gasteiger partial charge in [-0.15, -0.1) is 0 Å². The third kappa shape index (κ3) is 2.18. The van der Waals surface area contributed by atoms with Crippen molar-refractivity contribution in [3.05, 3.63) is 39.8 Å². The monoisotopic (exact) mass is 290 g/mol. The van der Waals surface area contributed by atoms with Crippen molar-refractivity contribution in [1.82, 2.24) is 0 Å². The van der Waals surface area contributed by atoms with E-state index in [0.29, 0.717) is 11.3 Å². The van der Waals surface area contributed by atoms with Crippen molar-refractivity contribution in [1.29, 1.82) is 0 Å². The maximum Gasteiger partial charge on any atom is 0.196 e. The molecule has 0 amide bonds. The van der Waals surface area contributed by atoms with Crippen LogP contribution in [0.4, 0.5) is 0 Å². The van der Waals surface area contributed by atoms with Crippen LogP contribution in [-0.2, 0) is 0 Å². The zero-order valence-corrected chi connectivity index (χ0v) is 11.3. The normalized spacial score (nSPS) is 20.9. The summed E-state index contributed by atoms with van der Waals surface area (Å²) >= 11 is 0. The summed E-state index contributed by atoms with van der Waals surface area (Å²) in [7, 11) is 0. The second-order valence-electron chi connectivity index (χ2n) is 5.12. The summed E-state index contributed by atoms with van der Waals surface area (Å²) in [6.45, 7) is 0.945. The molecule has 6 heteroatoms. The van der Waals surface area contributed by atoms with Gasteiger partial charge in [0.05, 0.1) is 12.2 Å². The first kappa shape index (κ1) is 13.7. The van der Waals surface area contributed by atoms with Crippen molar-refractivity contribution in [2.45, 2.75) is 12.5 Å². The number of hydrogen-bond donors (Lipinski definition) is 3. The van der Waals surface area contributed by atoms with Crippen LogP contribution in [0.3, 0.4) is 0 Å². The fourth-order valence-electron chi connectivity index (χ4n) is 2.29. The Morgan fingerprint density at radius 1 is 1.38 bits per heavy atom. The number of aliphatic hydroxyl groups is 2. The topological polar surface area (TPSA) is 100 Å². The molecule has 0 saturated heterocycles. The molecule has 1 aliphatic rings. The summed E-state index contributed by atoms with van der Waals surface area (Å²) in [4.78, 5) is 12.0. The van der Waals surface area contributed by atoms with Gasteiger partial charge >= 0.3 is 0 Å². The minimum atomic E-state index is -1.52. The van der Waals surface area contributed by atoms with Gasteiger partial charge in [-0.1, -0.05) is 0 Å². The van der Waals surface area contributed by atoms with Gasteiger partial charge in [0.1, 0.15) is 34.9 Å². The Balaban J connectivity index is 2.34. The van der Waals surface area contributed by atoms with Crippen molar-refractivity contribution in [3.8, 4) is 11.5 Å². The molecule has 0 unspecified atom stereocenters. The Bertz CT molecular complexity index is 804. The molecule has 21 heavy (non-hydrogen) atoms. The molecule has 0 fully saturated rings. The molecule has 0 bridgehead atoms. The van der Waals surface area contributed by atoms with Crippen molar-refractivity contribution in [2.24, 2.45) is 0 Å². The fourth-order valence-corrected chi connectivity index (χ4v) is 2.29. The zero-order chi connectivity index (χ0) is 15.2. The predicted octanol–water partition coefficient (Wildman–Crippen LogP) is 0.936. The number of aromatic hydroxyl groups is 1. The third-order valence-corrected chi connectivity index (χ3v) is 3.42. The quantitative estimate of drug-likeness (QED) is 0.722. The van der Waals surface area contributed by atoms with Crippen LogP contribution in [-0.4, -0.2) is 34.1 Å². The number of rotatable bonds is 1. The first-order valence-corrected chi connectivity index (χ1v) is 6.39. The summed E-state index contributed by atoms with van der Waals surface area (Å²) in [6.07, 6.45) is 2.90. The van der Waals surface area contributed by atoms with Crippen LogP contribution in [0.1, 0.15) is 11.3 Å². The summed E-state index contributed by atoms with van der Waals surface area (Å²) < 4.78 is 11.0. The number of hydrogen-bond acceptors (Lipinski definition) is 6. The number of benzene rings is 1. The average molecular weight is 290 g/mol. The highest BCUT2D eigenvalue weighted by atomic mass is 16.5. The van der Waals surface area contributed by atoms with Crippen molar-refractivity contribution >= 4 is 17.0 Å². The Labute approximate surface area is 119 Å². The maximum atomic E-state index is 12.0. The first-order valence-electron chi connectivity index (χ1n) is 6.39. The van der Waals surface area contributed by atoms with E-state index in [4.69, 9.17) is 9.15 Å². The van der Waals surface area contributed by atoms with Gasteiger partial charge in [0.2, 0.25) is 0 Å². The van der Waals surface area contributed by atoms with Crippen molar-refractivity contribution in [3.63, 3.8) is 0 Å². The van der Waals surface area contributed by atoms with Gasteiger partial charge in [-0.25, -0.2) is 0 Å². The van der Waals surface area contributed by atoms with E-state index >= 15 is 0 Å². The molecule has 0 spiro atoms. The van der Waals surface area contributed by atoms with E-state index in [1.165, 1.54) is 24.3 Å². The van der Waals surface area contributed by atoms with E-state index in [1.807, 2.05) is 0 Å². The van der Waals surface area contributed by atoms with Crippen LogP contribution >= 0.6 is 0 Å². The summed E-state index contributed by atoms with van der Waals surface area (Å²) in [5.41, 5.74) is -1.25. The zero-order valence-electron chi connectivity index (χ0n) is 11.3. The minimum Gasteiger partial charge on any atom is -0.507 e. The average Bonchev–Trinajstić information content (AvgIpc) is 2.59. The SMILES string of the molecule is Cc1cc(=O)c2c(O)cc3c(c2o1)C=C[C@](O)(CO)CO3. The third-order valence-electron chi connectivity index (χ3n) is 3.42. The van der Waals surface area contributed by atoms with Crippen LogP contribution < -0.4 is 10.2 Å². The summed E-state index contributed by atoms with van der Waals surface area (Å²) in [6, 6.07) is 2.59. The fraction of sp³-hybridized carbons (Fsp3) is 0.267. The molecule has 1 aliphatic heterocycles. The number of ether oxygens (including phenoxy) is 1. The van der Waals surface area contributed by atoms with Crippen LogP contribution in [0.25, 0.3) is 17.0 Å². The molecule has 3 rings (SSSR count). The number of aryl methyl sites for hydroxylation is 1. The second kappa shape index (κ2) is 4.61. The highest BCUT2D eigenvalue weighted by Crippen LogP contribution is 2.37. The molecule has 6 nitrogen and oxygen atoms in total. The molecule has 1 aromatic carbocycles. The van der Waals surface area contributed by atoms with Gasteiger partial charge in [0.25, 0.3) is 0 Å². The molecule has 0 radical (unpaired) electrons. The van der Waals surface area contributed by atoms with E-state index in [1.54, 1.807) is 6.92 Å². The summed E-state index contributed by atoms with van der Waals surface area (Å²) in [5.74, 6) is 0.421. The highest BCUT2D eigenvalue weighted by molar-refractivity contribution is 5.93. The molecule has 110 valence electrons. The second-order valence-corrected chi connectivity index (χ2v) is 5.12. The van der Waals surface area contributed by atoms with Gasteiger partial charge in [-0.2, -0.15) is 0 Å². The van der Waals surface area contributed by atoms with E-state index in [9.17, 15) is 20.1 Å². The maximum absolute atomic E-state index is 12.0. The van der Waals surface area contributed by atoms with Gasteiger partial charge in [0.15, 0.2) is 11.0 Å². The van der Waals surface area contributed by atoms with Crippen LogP contribution in [0, 0.1) is 6.92 Å². The molecule has 3 N–H and O–H groups in total. The lowest BCUT2D eigenvalue weighted by atomic mass is 10.0. The molecule has 0 aliphatic carbocycles. The molecule has 2 heterocycles. The van der Waals surface area contributed by atoms with Crippen molar-refractivity contribution in [2.75, 3.05) is 13.2 Å². The van der Waals surface area contributed by atoms with Crippen molar-refractivity contribution < 1.29 is 24.5 Å².